The molecule has 0 unspecified atom stereocenters. The first-order valence-corrected chi connectivity index (χ1v) is 7.20. The summed E-state index contributed by atoms with van der Waals surface area (Å²) in [5, 5.41) is 2.85. The van der Waals surface area contributed by atoms with Crippen molar-refractivity contribution in [3.8, 4) is 0 Å². The molecule has 0 bridgehead atoms. The molecule has 22 heavy (non-hydrogen) atoms. The van der Waals surface area contributed by atoms with Crippen LogP contribution in [-0.2, 0) is 17.9 Å². The fourth-order valence-corrected chi connectivity index (χ4v) is 2.31. The Bertz CT molecular complexity index is 725. The smallest absolute Gasteiger partial charge is 0.325 e. The van der Waals surface area contributed by atoms with Crippen molar-refractivity contribution < 1.29 is 4.79 Å². The summed E-state index contributed by atoms with van der Waals surface area (Å²) in [5.41, 5.74) is 4.17. The van der Waals surface area contributed by atoms with Crippen LogP contribution in [0.15, 0.2) is 11.1 Å². The molecule has 0 aliphatic carbocycles. The van der Waals surface area contributed by atoms with Gasteiger partial charge in [-0.3, -0.25) is 9.36 Å². The summed E-state index contributed by atoms with van der Waals surface area (Å²) in [4.78, 5) is 34.6. The molecule has 0 fully saturated rings. The Morgan fingerprint density at radius 3 is 2.41 bits per heavy atom. The van der Waals surface area contributed by atoms with E-state index in [0.717, 1.165) is 28.3 Å². The lowest BCUT2D eigenvalue weighted by Gasteiger charge is -2.10. The van der Waals surface area contributed by atoms with Gasteiger partial charge in [-0.1, -0.05) is 0 Å². The largest absolute Gasteiger partial charge is 0.352 e. The van der Waals surface area contributed by atoms with Crippen LogP contribution in [0.2, 0.25) is 0 Å². The number of imidazole rings is 1. The van der Waals surface area contributed by atoms with E-state index in [1.165, 1.54) is 6.33 Å². The second-order valence-corrected chi connectivity index (χ2v) is 5.34. The lowest BCUT2D eigenvalue weighted by molar-refractivity contribution is -0.121. The molecule has 0 atom stereocenters. The fraction of sp³-hybridized carbons (Fsp3) is 0.467. The first-order chi connectivity index (χ1) is 10.4. The first kappa shape index (κ1) is 15.9. The molecule has 2 aromatic rings. The lowest BCUT2D eigenvalue weighted by atomic mass is 10.1. The minimum Gasteiger partial charge on any atom is -0.352 e. The van der Waals surface area contributed by atoms with Gasteiger partial charge in [0.05, 0.1) is 0 Å². The molecule has 7 nitrogen and oxygen atoms in total. The number of nitrogens with zero attached hydrogens (tertiary/aromatic N) is 3. The third-order valence-electron chi connectivity index (χ3n) is 3.89. The van der Waals surface area contributed by atoms with Gasteiger partial charge in [-0.05, 0) is 27.7 Å². The van der Waals surface area contributed by atoms with E-state index in [4.69, 9.17) is 0 Å². The first-order valence-electron chi connectivity index (χ1n) is 7.20. The molecule has 1 amide bonds. The molecule has 2 N–H and O–H groups in total. The number of rotatable bonds is 5. The number of aromatic amines is 1. The molecule has 0 saturated heterocycles. The number of hydrogen-bond donors (Lipinski definition) is 2. The predicted octanol–water partition coefficient (Wildman–Crippen LogP) is 0.907. The van der Waals surface area contributed by atoms with Gasteiger partial charge in [-0.25, -0.2) is 14.8 Å². The van der Waals surface area contributed by atoms with E-state index in [1.807, 2.05) is 27.7 Å². The molecule has 118 valence electrons. The van der Waals surface area contributed by atoms with Crippen LogP contribution in [0.5, 0.6) is 0 Å². The van der Waals surface area contributed by atoms with Gasteiger partial charge in [0.15, 0.2) is 0 Å². The highest BCUT2D eigenvalue weighted by Gasteiger charge is 2.10. The van der Waals surface area contributed by atoms with Gasteiger partial charge in [0.1, 0.15) is 6.33 Å². The second kappa shape index (κ2) is 6.55. The van der Waals surface area contributed by atoms with Gasteiger partial charge >= 0.3 is 5.69 Å². The third kappa shape index (κ3) is 3.41. The molecular weight excluding hydrogens is 282 g/mol. The molecule has 0 saturated carbocycles. The monoisotopic (exact) mass is 303 g/mol. The Kier molecular flexibility index (Phi) is 4.75. The second-order valence-electron chi connectivity index (χ2n) is 5.34. The highest BCUT2D eigenvalue weighted by molar-refractivity contribution is 5.75. The van der Waals surface area contributed by atoms with Gasteiger partial charge < -0.3 is 10.3 Å². The average Bonchev–Trinajstić information content (AvgIpc) is 2.69. The minimum absolute atomic E-state index is 0.104. The third-order valence-corrected chi connectivity index (χ3v) is 3.89. The van der Waals surface area contributed by atoms with Crippen LogP contribution < -0.4 is 11.0 Å². The van der Waals surface area contributed by atoms with Crippen molar-refractivity contribution in [2.75, 3.05) is 0 Å². The Labute approximate surface area is 128 Å². The highest BCUT2D eigenvalue weighted by Crippen LogP contribution is 2.07. The van der Waals surface area contributed by atoms with Gasteiger partial charge in [0.25, 0.3) is 0 Å². The number of aromatic nitrogens is 4. The van der Waals surface area contributed by atoms with E-state index in [0.29, 0.717) is 13.1 Å². The number of hydrogen-bond acceptors (Lipinski definition) is 4. The maximum atomic E-state index is 12.0. The SMILES string of the molecule is Cc1ncnc(C)c1CNC(=O)CCn1c(C)c(C)[nH]c1=O. The number of nitrogens with one attached hydrogen (secondary N) is 2. The molecule has 2 aromatic heterocycles. The summed E-state index contributed by atoms with van der Waals surface area (Å²) in [6, 6.07) is 0. The molecule has 2 rings (SSSR count). The zero-order valence-electron chi connectivity index (χ0n) is 13.4. The summed E-state index contributed by atoms with van der Waals surface area (Å²) < 4.78 is 1.58. The van der Waals surface area contributed by atoms with Gasteiger partial charge in [0, 0.05) is 47.8 Å². The van der Waals surface area contributed by atoms with E-state index in [2.05, 4.69) is 20.3 Å². The van der Waals surface area contributed by atoms with Gasteiger partial charge in [0.2, 0.25) is 5.91 Å². The van der Waals surface area contributed by atoms with Crippen LogP contribution in [0.3, 0.4) is 0 Å². The van der Waals surface area contributed by atoms with Crippen molar-refractivity contribution in [1.82, 2.24) is 24.8 Å². The summed E-state index contributed by atoms with van der Waals surface area (Å²) in [6.07, 6.45) is 1.77. The Balaban J connectivity index is 1.93. The quantitative estimate of drug-likeness (QED) is 0.858. The summed E-state index contributed by atoms with van der Waals surface area (Å²) in [5.74, 6) is -0.104. The van der Waals surface area contributed by atoms with E-state index in [9.17, 15) is 9.59 Å². The van der Waals surface area contributed by atoms with Crippen LogP contribution >= 0.6 is 0 Å². The minimum atomic E-state index is -0.175. The van der Waals surface area contributed by atoms with Crippen LogP contribution in [0, 0.1) is 27.7 Å². The van der Waals surface area contributed by atoms with Crippen LogP contribution in [0.25, 0.3) is 0 Å². The van der Waals surface area contributed by atoms with Gasteiger partial charge in [-0.15, -0.1) is 0 Å². The van der Waals surface area contributed by atoms with Crippen LogP contribution in [0.1, 0.15) is 34.8 Å². The molecule has 0 radical (unpaired) electrons. The Hall–Kier alpha value is -2.44. The summed E-state index contributed by atoms with van der Waals surface area (Å²) in [7, 11) is 0. The maximum absolute atomic E-state index is 12.0. The fourth-order valence-electron chi connectivity index (χ4n) is 2.31. The van der Waals surface area contributed by atoms with Crippen molar-refractivity contribution in [2.45, 2.75) is 47.2 Å². The molecular formula is C15H21N5O2. The van der Waals surface area contributed by atoms with E-state index in [1.54, 1.807) is 4.57 Å². The maximum Gasteiger partial charge on any atom is 0.325 e. The molecule has 0 spiro atoms. The highest BCUT2D eigenvalue weighted by atomic mass is 16.2. The number of H-pyrrole nitrogens is 1. The molecule has 2 heterocycles. The zero-order chi connectivity index (χ0) is 16.3. The predicted molar refractivity (Wildman–Crippen MR) is 82.5 cm³/mol. The molecule has 7 heteroatoms. The van der Waals surface area contributed by atoms with Crippen molar-refractivity contribution in [3.05, 3.63) is 45.2 Å². The Morgan fingerprint density at radius 2 is 1.86 bits per heavy atom. The summed E-state index contributed by atoms with van der Waals surface area (Å²) >= 11 is 0. The van der Waals surface area contributed by atoms with Crippen LogP contribution in [0.4, 0.5) is 0 Å². The zero-order valence-corrected chi connectivity index (χ0v) is 13.4. The molecule has 0 aliphatic heterocycles. The topological polar surface area (TPSA) is 92.7 Å². The van der Waals surface area contributed by atoms with Crippen molar-refractivity contribution in [3.63, 3.8) is 0 Å². The van der Waals surface area contributed by atoms with Gasteiger partial charge in [-0.2, -0.15) is 0 Å². The number of amides is 1. The van der Waals surface area contributed by atoms with E-state index < -0.39 is 0 Å². The average molecular weight is 303 g/mol. The normalized spacial score (nSPS) is 10.7. The van der Waals surface area contributed by atoms with Crippen LogP contribution in [-0.4, -0.2) is 25.4 Å². The van der Waals surface area contributed by atoms with E-state index in [-0.39, 0.29) is 18.0 Å². The van der Waals surface area contributed by atoms with Crippen molar-refractivity contribution >= 4 is 5.91 Å². The lowest BCUT2D eigenvalue weighted by Crippen LogP contribution is -2.27. The Morgan fingerprint density at radius 1 is 1.23 bits per heavy atom. The summed E-state index contributed by atoms with van der Waals surface area (Å²) in [6.45, 7) is 8.25. The van der Waals surface area contributed by atoms with Crippen molar-refractivity contribution in [2.24, 2.45) is 0 Å². The number of carbonyl (C=O) groups is 1. The number of carbonyl (C=O) groups excluding carboxylic acids is 1. The van der Waals surface area contributed by atoms with Crippen molar-refractivity contribution in [1.29, 1.82) is 0 Å². The molecule has 0 aromatic carbocycles. The standard InChI is InChI=1S/C15H21N5O2/c1-9-12(4)20(15(22)19-9)6-5-14(21)16-7-13-10(2)17-8-18-11(13)3/h8H,5-7H2,1-4H3,(H,16,21)(H,19,22). The van der Waals surface area contributed by atoms with E-state index >= 15 is 0 Å². The molecule has 0 aliphatic rings. The number of aryl methyl sites for hydroxylation is 3.